The number of aliphatic hydroxyl groups excluding tert-OH is 2. The average Bonchev–Trinajstić information content (AvgIpc) is 2.45. The lowest BCUT2D eigenvalue weighted by Crippen LogP contribution is -2.47. The van der Waals surface area contributed by atoms with E-state index in [1.165, 1.54) is 6.20 Å². The maximum atomic E-state index is 12.2. The summed E-state index contributed by atoms with van der Waals surface area (Å²) < 4.78 is 0. The molecule has 112 valence electrons. The minimum absolute atomic E-state index is 0.0384. The van der Waals surface area contributed by atoms with Gasteiger partial charge in [-0.2, -0.15) is 5.26 Å². The second-order valence-electron chi connectivity index (χ2n) is 4.73. The zero-order valence-electron chi connectivity index (χ0n) is 11.8. The Bertz CT molecular complexity index is 378. The summed E-state index contributed by atoms with van der Waals surface area (Å²) in [5, 5.41) is 27.0. The fourth-order valence-electron chi connectivity index (χ4n) is 1.99. The largest absolute Gasteiger partial charge is 0.395 e. The molecule has 1 saturated heterocycles. The van der Waals surface area contributed by atoms with Crippen LogP contribution in [0.1, 0.15) is 0 Å². The Hall–Kier alpha value is -1.62. The molecule has 7 nitrogen and oxygen atoms in total. The quantitative estimate of drug-likeness (QED) is 0.453. The third kappa shape index (κ3) is 4.81. The molecule has 20 heavy (non-hydrogen) atoms. The third-order valence-electron chi connectivity index (χ3n) is 3.23. The van der Waals surface area contributed by atoms with Crippen molar-refractivity contribution < 1.29 is 15.0 Å². The number of likely N-dealkylation sites (N-methyl/N-ethyl adjacent to an activating group) is 1. The molecule has 1 amide bonds. The highest BCUT2D eigenvalue weighted by atomic mass is 16.3. The van der Waals surface area contributed by atoms with Gasteiger partial charge in [-0.3, -0.25) is 4.79 Å². The molecule has 1 heterocycles. The SMILES string of the molecule is CN1CCN(C(=O)/C(C#N)=C\N(CCO)CCO)CC1. The van der Waals surface area contributed by atoms with Gasteiger partial charge >= 0.3 is 0 Å². The van der Waals surface area contributed by atoms with Gasteiger partial charge in [0.05, 0.1) is 13.2 Å². The lowest BCUT2D eigenvalue weighted by atomic mass is 10.2. The van der Waals surface area contributed by atoms with Crippen molar-refractivity contribution in [3.05, 3.63) is 11.8 Å². The number of carbonyl (C=O) groups excluding carboxylic acids is 1. The van der Waals surface area contributed by atoms with Crippen LogP contribution in [0.25, 0.3) is 0 Å². The van der Waals surface area contributed by atoms with Crippen molar-refractivity contribution in [2.24, 2.45) is 0 Å². The summed E-state index contributed by atoms with van der Waals surface area (Å²) in [5.41, 5.74) is 0.0384. The number of carbonyl (C=O) groups is 1. The molecule has 0 atom stereocenters. The summed E-state index contributed by atoms with van der Waals surface area (Å²) in [6.45, 7) is 3.16. The second kappa shape index (κ2) is 8.53. The van der Waals surface area contributed by atoms with Gasteiger partial charge in [0.1, 0.15) is 11.6 Å². The van der Waals surface area contributed by atoms with Gasteiger partial charge < -0.3 is 24.9 Å². The van der Waals surface area contributed by atoms with E-state index in [1.54, 1.807) is 9.80 Å². The molecule has 1 aliphatic rings. The molecule has 1 fully saturated rings. The Morgan fingerprint density at radius 1 is 1.25 bits per heavy atom. The van der Waals surface area contributed by atoms with Crippen LogP contribution in [0.15, 0.2) is 11.8 Å². The topological polar surface area (TPSA) is 91.0 Å². The normalized spacial score (nSPS) is 16.9. The summed E-state index contributed by atoms with van der Waals surface area (Å²) in [5.74, 6) is -0.290. The lowest BCUT2D eigenvalue weighted by Gasteiger charge is -2.32. The van der Waals surface area contributed by atoms with E-state index in [0.29, 0.717) is 13.1 Å². The number of hydrogen-bond donors (Lipinski definition) is 2. The zero-order chi connectivity index (χ0) is 15.0. The first-order chi connectivity index (χ1) is 9.62. The average molecular weight is 282 g/mol. The maximum Gasteiger partial charge on any atom is 0.266 e. The lowest BCUT2D eigenvalue weighted by molar-refractivity contribution is -0.128. The Labute approximate surface area is 119 Å². The van der Waals surface area contributed by atoms with Crippen LogP contribution in [0.3, 0.4) is 0 Å². The van der Waals surface area contributed by atoms with E-state index in [2.05, 4.69) is 4.90 Å². The number of nitrogens with zero attached hydrogens (tertiary/aromatic N) is 4. The van der Waals surface area contributed by atoms with Gasteiger partial charge in [-0.1, -0.05) is 0 Å². The highest BCUT2D eigenvalue weighted by Gasteiger charge is 2.22. The molecular weight excluding hydrogens is 260 g/mol. The first-order valence-corrected chi connectivity index (χ1v) is 6.68. The van der Waals surface area contributed by atoms with E-state index in [4.69, 9.17) is 15.5 Å². The van der Waals surface area contributed by atoms with Gasteiger partial charge in [0, 0.05) is 45.5 Å². The molecule has 1 rings (SSSR count). The molecule has 0 aliphatic carbocycles. The van der Waals surface area contributed by atoms with Crippen LogP contribution in [-0.4, -0.2) is 90.3 Å². The minimum Gasteiger partial charge on any atom is -0.395 e. The Kier molecular flexibility index (Phi) is 7.01. The Morgan fingerprint density at radius 3 is 2.25 bits per heavy atom. The van der Waals surface area contributed by atoms with Crippen LogP contribution in [0, 0.1) is 11.3 Å². The number of nitriles is 1. The second-order valence-corrected chi connectivity index (χ2v) is 4.73. The van der Waals surface area contributed by atoms with Gasteiger partial charge in [-0.25, -0.2) is 0 Å². The van der Waals surface area contributed by atoms with Gasteiger partial charge in [-0.05, 0) is 7.05 Å². The summed E-state index contributed by atoms with van der Waals surface area (Å²) in [6.07, 6.45) is 1.42. The predicted octanol–water partition coefficient (Wildman–Crippen LogP) is -1.55. The summed E-state index contributed by atoms with van der Waals surface area (Å²) in [4.78, 5) is 17.6. The summed E-state index contributed by atoms with van der Waals surface area (Å²) in [6, 6.07) is 1.91. The van der Waals surface area contributed by atoms with Gasteiger partial charge in [0.2, 0.25) is 0 Å². The Morgan fingerprint density at radius 2 is 1.80 bits per heavy atom. The highest BCUT2D eigenvalue weighted by molar-refractivity contribution is 5.97. The number of rotatable bonds is 6. The Balaban J connectivity index is 2.72. The highest BCUT2D eigenvalue weighted by Crippen LogP contribution is 2.07. The molecular formula is C13H22N4O3. The van der Waals surface area contributed by atoms with E-state index in [0.717, 1.165) is 13.1 Å². The van der Waals surface area contributed by atoms with E-state index in [-0.39, 0.29) is 37.8 Å². The van der Waals surface area contributed by atoms with Crippen molar-refractivity contribution in [3.63, 3.8) is 0 Å². The molecule has 0 bridgehead atoms. The summed E-state index contributed by atoms with van der Waals surface area (Å²) >= 11 is 0. The molecule has 0 saturated carbocycles. The molecule has 0 radical (unpaired) electrons. The minimum atomic E-state index is -0.290. The number of amides is 1. The smallest absolute Gasteiger partial charge is 0.266 e. The number of piperazine rings is 1. The van der Waals surface area contributed by atoms with Crippen molar-refractivity contribution in [2.45, 2.75) is 0 Å². The van der Waals surface area contributed by atoms with Crippen LogP contribution in [-0.2, 0) is 4.79 Å². The van der Waals surface area contributed by atoms with Crippen molar-refractivity contribution >= 4 is 5.91 Å². The molecule has 0 aromatic rings. The molecule has 0 aromatic heterocycles. The molecule has 0 aromatic carbocycles. The molecule has 7 heteroatoms. The van der Waals surface area contributed by atoms with Gasteiger partial charge in [-0.15, -0.1) is 0 Å². The van der Waals surface area contributed by atoms with Crippen molar-refractivity contribution in [1.82, 2.24) is 14.7 Å². The van der Waals surface area contributed by atoms with E-state index < -0.39 is 0 Å². The van der Waals surface area contributed by atoms with Crippen LogP contribution in [0.2, 0.25) is 0 Å². The first kappa shape index (κ1) is 16.4. The fraction of sp³-hybridized carbons (Fsp3) is 0.692. The molecule has 0 spiro atoms. The third-order valence-corrected chi connectivity index (χ3v) is 3.23. The fourth-order valence-corrected chi connectivity index (χ4v) is 1.99. The van der Waals surface area contributed by atoms with Crippen LogP contribution in [0.5, 0.6) is 0 Å². The van der Waals surface area contributed by atoms with Crippen molar-refractivity contribution in [1.29, 1.82) is 5.26 Å². The number of hydrogen-bond acceptors (Lipinski definition) is 6. The summed E-state index contributed by atoms with van der Waals surface area (Å²) in [7, 11) is 1.99. The first-order valence-electron chi connectivity index (χ1n) is 6.68. The van der Waals surface area contributed by atoms with E-state index >= 15 is 0 Å². The molecule has 2 N–H and O–H groups in total. The van der Waals surface area contributed by atoms with E-state index in [9.17, 15) is 4.79 Å². The molecule has 1 aliphatic heterocycles. The standard InChI is InChI=1S/C13H22N4O3/c1-15-2-4-17(5-3-15)13(20)12(10-14)11-16(6-8-18)7-9-19/h11,18-19H,2-9H2,1H3/b12-11-. The van der Waals surface area contributed by atoms with Gasteiger partial charge in [0.25, 0.3) is 5.91 Å². The van der Waals surface area contributed by atoms with Crippen LogP contribution in [0.4, 0.5) is 0 Å². The van der Waals surface area contributed by atoms with Crippen LogP contribution < -0.4 is 0 Å². The zero-order valence-corrected chi connectivity index (χ0v) is 11.8. The predicted molar refractivity (Wildman–Crippen MR) is 73.5 cm³/mol. The van der Waals surface area contributed by atoms with Crippen LogP contribution >= 0.6 is 0 Å². The monoisotopic (exact) mass is 282 g/mol. The van der Waals surface area contributed by atoms with Crippen molar-refractivity contribution in [3.8, 4) is 6.07 Å². The number of aliphatic hydroxyl groups is 2. The van der Waals surface area contributed by atoms with Crippen molar-refractivity contribution in [2.75, 3.05) is 59.5 Å². The van der Waals surface area contributed by atoms with E-state index in [1.807, 2.05) is 13.1 Å². The van der Waals surface area contributed by atoms with Gasteiger partial charge in [0.15, 0.2) is 0 Å². The molecule has 0 unspecified atom stereocenters. The maximum absolute atomic E-state index is 12.2.